The Balaban J connectivity index is 1.57. The molecule has 1 aliphatic carbocycles. The van der Waals surface area contributed by atoms with Gasteiger partial charge in [-0.25, -0.2) is 9.78 Å². The van der Waals surface area contributed by atoms with Crippen LogP contribution < -0.4 is 10.6 Å². The van der Waals surface area contributed by atoms with Crippen LogP contribution in [0.2, 0.25) is 0 Å². The van der Waals surface area contributed by atoms with E-state index in [0.717, 1.165) is 34.0 Å². The number of urea groups is 1. The van der Waals surface area contributed by atoms with Gasteiger partial charge in [-0.1, -0.05) is 24.3 Å². The van der Waals surface area contributed by atoms with Crippen molar-refractivity contribution in [2.75, 3.05) is 6.54 Å². The quantitative estimate of drug-likeness (QED) is 0.798. The number of aliphatic hydroxyl groups is 1. The third-order valence-electron chi connectivity index (χ3n) is 4.51. The van der Waals surface area contributed by atoms with E-state index in [4.69, 9.17) is 0 Å². The summed E-state index contributed by atoms with van der Waals surface area (Å²) in [7, 11) is 0. The molecule has 0 saturated heterocycles. The molecule has 0 aliphatic heterocycles. The Hall–Kier alpha value is -1.92. The van der Waals surface area contributed by atoms with E-state index in [1.165, 1.54) is 5.56 Å². The molecular weight excluding hydrogens is 322 g/mol. The van der Waals surface area contributed by atoms with Gasteiger partial charge in [0.05, 0.1) is 23.8 Å². The van der Waals surface area contributed by atoms with Crippen LogP contribution in [0.5, 0.6) is 0 Å². The van der Waals surface area contributed by atoms with Crippen molar-refractivity contribution in [3.8, 4) is 0 Å². The highest BCUT2D eigenvalue weighted by atomic mass is 32.1. The Kier molecular flexibility index (Phi) is 4.87. The van der Waals surface area contributed by atoms with Gasteiger partial charge in [-0.05, 0) is 44.2 Å². The second-order valence-electron chi connectivity index (χ2n) is 6.31. The van der Waals surface area contributed by atoms with E-state index in [1.54, 1.807) is 11.3 Å². The molecule has 3 rings (SSSR count). The lowest BCUT2D eigenvalue weighted by atomic mass is 9.79. The van der Waals surface area contributed by atoms with E-state index in [2.05, 4.69) is 15.6 Å². The molecule has 0 spiro atoms. The van der Waals surface area contributed by atoms with Gasteiger partial charge >= 0.3 is 6.03 Å². The Labute approximate surface area is 146 Å². The third-order valence-corrected chi connectivity index (χ3v) is 5.44. The number of fused-ring (bicyclic) bond motifs is 1. The predicted octanol–water partition coefficient (Wildman–Crippen LogP) is 2.78. The van der Waals surface area contributed by atoms with Gasteiger partial charge in [0.1, 0.15) is 5.60 Å². The van der Waals surface area contributed by atoms with Crippen LogP contribution in [0.25, 0.3) is 0 Å². The smallest absolute Gasteiger partial charge is 0.315 e. The summed E-state index contributed by atoms with van der Waals surface area (Å²) in [6.07, 6.45) is 2.57. The molecule has 1 atom stereocenters. The van der Waals surface area contributed by atoms with Crippen molar-refractivity contribution < 1.29 is 9.90 Å². The number of carbonyl (C=O) groups excluding carboxylic acids is 1. The van der Waals surface area contributed by atoms with Gasteiger partial charge in [-0.2, -0.15) is 0 Å². The topological polar surface area (TPSA) is 74.2 Å². The molecule has 0 bridgehead atoms. The Bertz CT molecular complexity index is 744. The molecule has 5 nitrogen and oxygen atoms in total. The molecule has 6 heteroatoms. The third kappa shape index (κ3) is 3.60. The molecule has 2 amide bonds. The monoisotopic (exact) mass is 345 g/mol. The van der Waals surface area contributed by atoms with Crippen LogP contribution in [-0.4, -0.2) is 22.7 Å². The average Bonchev–Trinajstić information content (AvgIpc) is 2.89. The largest absolute Gasteiger partial charge is 0.383 e. The van der Waals surface area contributed by atoms with E-state index in [0.29, 0.717) is 13.0 Å². The molecule has 24 heavy (non-hydrogen) atoms. The van der Waals surface area contributed by atoms with Gasteiger partial charge in [0, 0.05) is 4.88 Å². The van der Waals surface area contributed by atoms with Crippen molar-refractivity contribution >= 4 is 17.4 Å². The van der Waals surface area contributed by atoms with Crippen molar-refractivity contribution in [1.29, 1.82) is 0 Å². The number of benzene rings is 1. The number of carbonyl (C=O) groups is 1. The lowest BCUT2D eigenvalue weighted by Gasteiger charge is -2.34. The fourth-order valence-corrected chi connectivity index (χ4v) is 4.11. The van der Waals surface area contributed by atoms with Crippen molar-refractivity contribution in [3.05, 3.63) is 51.0 Å². The van der Waals surface area contributed by atoms with Gasteiger partial charge in [0.15, 0.2) is 0 Å². The van der Waals surface area contributed by atoms with E-state index >= 15 is 0 Å². The van der Waals surface area contributed by atoms with Gasteiger partial charge in [0.25, 0.3) is 0 Å². The highest BCUT2D eigenvalue weighted by Crippen LogP contribution is 2.34. The maximum absolute atomic E-state index is 12.1. The van der Waals surface area contributed by atoms with Gasteiger partial charge in [0.2, 0.25) is 0 Å². The fourth-order valence-electron chi connectivity index (χ4n) is 3.27. The lowest BCUT2D eigenvalue weighted by molar-refractivity contribution is 0.0217. The summed E-state index contributed by atoms with van der Waals surface area (Å²) in [5.41, 5.74) is 2.01. The van der Waals surface area contributed by atoms with Crippen LogP contribution in [0.1, 0.15) is 39.5 Å². The van der Waals surface area contributed by atoms with Crippen LogP contribution in [-0.2, 0) is 18.6 Å². The minimum absolute atomic E-state index is 0.213. The zero-order valence-corrected chi connectivity index (χ0v) is 14.9. The molecule has 0 saturated carbocycles. The zero-order chi connectivity index (χ0) is 17.2. The van der Waals surface area contributed by atoms with E-state index in [-0.39, 0.29) is 12.6 Å². The summed E-state index contributed by atoms with van der Waals surface area (Å²) < 4.78 is 0. The second kappa shape index (κ2) is 6.91. The minimum atomic E-state index is -0.987. The van der Waals surface area contributed by atoms with Crippen molar-refractivity contribution in [3.63, 3.8) is 0 Å². The molecule has 128 valence electrons. The van der Waals surface area contributed by atoms with Crippen LogP contribution in [0.15, 0.2) is 24.3 Å². The highest BCUT2D eigenvalue weighted by molar-refractivity contribution is 7.11. The first kappa shape index (κ1) is 16.9. The number of amides is 2. The summed E-state index contributed by atoms with van der Waals surface area (Å²) >= 11 is 1.63. The van der Waals surface area contributed by atoms with E-state index < -0.39 is 5.60 Å². The normalized spacial score (nSPS) is 19.6. The molecule has 0 fully saturated rings. The molecule has 0 radical (unpaired) electrons. The Morgan fingerprint density at radius 3 is 2.88 bits per heavy atom. The number of nitrogens with zero attached hydrogens (tertiary/aromatic N) is 1. The van der Waals surface area contributed by atoms with Crippen molar-refractivity contribution in [2.24, 2.45) is 0 Å². The van der Waals surface area contributed by atoms with Crippen LogP contribution in [0.3, 0.4) is 0 Å². The van der Waals surface area contributed by atoms with Crippen LogP contribution >= 0.6 is 11.3 Å². The summed E-state index contributed by atoms with van der Waals surface area (Å²) in [5.74, 6) is 0. The van der Waals surface area contributed by atoms with Crippen LogP contribution in [0.4, 0.5) is 4.79 Å². The summed E-state index contributed by atoms with van der Waals surface area (Å²) in [6, 6.07) is 7.64. The highest BCUT2D eigenvalue weighted by Gasteiger charge is 2.34. The SMILES string of the molecule is Cc1nc(CNC(=O)NCC2(O)CCCc3ccccc32)c(C)s1. The van der Waals surface area contributed by atoms with E-state index in [1.807, 2.05) is 38.1 Å². The number of aromatic nitrogens is 1. The molecule has 1 unspecified atom stereocenters. The van der Waals surface area contributed by atoms with E-state index in [9.17, 15) is 9.90 Å². The summed E-state index contributed by atoms with van der Waals surface area (Å²) in [5, 5.41) is 17.6. The number of thiazole rings is 1. The van der Waals surface area contributed by atoms with Gasteiger partial charge < -0.3 is 15.7 Å². The van der Waals surface area contributed by atoms with Crippen molar-refractivity contribution in [1.82, 2.24) is 15.6 Å². The summed E-state index contributed by atoms with van der Waals surface area (Å²) in [6.45, 7) is 4.57. The Morgan fingerprint density at radius 1 is 1.33 bits per heavy atom. The Morgan fingerprint density at radius 2 is 2.12 bits per heavy atom. The molecular formula is C18H23N3O2S. The first-order chi connectivity index (χ1) is 11.5. The van der Waals surface area contributed by atoms with Gasteiger partial charge in [-0.3, -0.25) is 0 Å². The molecule has 1 heterocycles. The number of hydrogen-bond donors (Lipinski definition) is 3. The number of aryl methyl sites for hydroxylation is 3. The van der Waals surface area contributed by atoms with Gasteiger partial charge in [-0.15, -0.1) is 11.3 Å². The molecule has 1 aromatic heterocycles. The summed E-state index contributed by atoms with van der Waals surface area (Å²) in [4.78, 5) is 17.6. The van der Waals surface area contributed by atoms with Crippen LogP contribution in [0, 0.1) is 13.8 Å². The number of hydrogen-bond acceptors (Lipinski definition) is 4. The zero-order valence-electron chi connectivity index (χ0n) is 14.1. The maximum atomic E-state index is 12.1. The molecule has 1 aliphatic rings. The average molecular weight is 345 g/mol. The predicted molar refractivity (Wildman–Crippen MR) is 95.1 cm³/mol. The standard InChI is InChI=1S/C18H23N3O2S/c1-12-16(21-13(2)24-12)10-19-17(22)20-11-18(23)9-5-7-14-6-3-4-8-15(14)18/h3-4,6,8,23H,5,7,9-11H2,1-2H3,(H2,19,20,22). The minimum Gasteiger partial charge on any atom is -0.383 e. The number of nitrogens with one attached hydrogen (secondary N) is 2. The first-order valence-corrected chi connectivity index (χ1v) is 9.05. The fraction of sp³-hybridized carbons (Fsp3) is 0.444. The first-order valence-electron chi connectivity index (χ1n) is 8.23. The second-order valence-corrected chi connectivity index (χ2v) is 7.72. The van der Waals surface area contributed by atoms with Crippen molar-refractivity contribution in [2.45, 2.75) is 45.3 Å². The maximum Gasteiger partial charge on any atom is 0.315 e. The molecule has 3 N–H and O–H groups in total. The number of rotatable bonds is 4. The molecule has 2 aromatic rings. The lowest BCUT2D eigenvalue weighted by Crippen LogP contribution is -2.46. The molecule has 1 aromatic carbocycles.